The fourth-order valence-corrected chi connectivity index (χ4v) is 4.34. The normalized spacial score (nSPS) is 16.2. The molecule has 0 saturated carbocycles. The van der Waals surface area contributed by atoms with Crippen molar-refractivity contribution in [2.45, 2.75) is 26.7 Å². The number of nitrogens with zero attached hydrogens (tertiary/aromatic N) is 2. The number of rotatable bonds is 5. The zero-order valence-corrected chi connectivity index (χ0v) is 18.1. The van der Waals surface area contributed by atoms with Gasteiger partial charge in [-0.15, -0.1) is 0 Å². The van der Waals surface area contributed by atoms with Crippen LogP contribution >= 0.6 is 0 Å². The quantitative estimate of drug-likeness (QED) is 0.558. The van der Waals surface area contributed by atoms with Crippen LogP contribution in [0.1, 0.15) is 35.8 Å². The van der Waals surface area contributed by atoms with Crippen LogP contribution in [0.3, 0.4) is 0 Å². The SMILES string of the molecule is CCOC(=O)[C@H]1CCCN(C(=O)c2cc(-c3ccccc3)n(-c3ccccc3)c2C)C1. The second-order valence-corrected chi connectivity index (χ2v) is 7.91. The molecule has 5 heteroatoms. The van der Waals surface area contributed by atoms with Gasteiger partial charge < -0.3 is 14.2 Å². The summed E-state index contributed by atoms with van der Waals surface area (Å²) >= 11 is 0. The minimum absolute atomic E-state index is 0.0293. The Hall–Kier alpha value is -3.34. The van der Waals surface area contributed by atoms with E-state index < -0.39 is 0 Å². The van der Waals surface area contributed by atoms with E-state index >= 15 is 0 Å². The number of carbonyl (C=O) groups excluding carboxylic acids is 2. The monoisotopic (exact) mass is 416 g/mol. The highest BCUT2D eigenvalue weighted by Gasteiger charge is 2.31. The Balaban J connectivity index is 1.71. The lowest BCUT2D eigenvalue weighted by Gasteiger charge is -2.31. The Morgan fingerprint density at radius 3 is 2.39 bits per heavy atom. The number of esters is 1. The van der Waals surface area contributed by atoms with Gasteiger partial charge in [-0.25, -0.2) is 0 Å². The minimum Gasteiger partial charge on any atom is -0.466 e. The van der Waals surface area contributed by atoms with Gasteiger partial charge in [0.1, 0.15) is 0 Å². The third-order valence-electron chi connectivity index (χ3n) is 5.89. The molecule has 4 rings (SSSR count). The summed E-state index contributed by atoms with van der Waals surface area (Å²) in [7, 11) is 0. The molecule has 0 bridgehead atoms. The molecule has 0 N–H and O–H groups in total. The fraction of sp³-hybridized carbons (Fsp3) is 0.308. The van der Waals surface area contributed by atoms with E-state index in [1.54, 1.807) is 4.90 Å². The molecule has 0 aliphatic carbocycles. The summed E-state index contributed by atoms with van der Waals surface area (Å²) in [5.41, 5.74) is 4.62. The van der Waals surface area contributed by atoms with Gasteiger partial charge in [-0.05, 0) is 50.5 Å². The minimum atomic E-state index is -0.247. The van der Waals surface area contributed by atoms with Crippen molar-refractivity contribution in [3.8, 4) is 16.9 Å². The molecule has 5 nitrogen and oxygen atoms in total. The van der Waals surface area contributed by atoms with Crippen LogP contribution < -0.4 is 0 Å². The van der Waals surface area contributed by atoms with Crippen molar-refractivity contribution in [1.82, 2.24) is 9.47 Å². The summed E-state index contributed by atoms with van der Waals surface area (Å²) in [4.78, 5) is 27.6. The molecule has 1 aliphatic rings. The highest BCUT2D eigenvalue weighted by Crippen LogP contribution is 2.31. The van der Waals surface area contributed by atoms with Crippen LogP contribution in [0.25, 0.3) is 16.9 Å². The van der Waals surface area contributed by atoms with Gasteiger partial charge in [0.05, 0.1) is 23.8 Å². The maximum absolute atomic E-state index is 13.5. The molecule has 0 unspecified atom stereocenters. The molecule has 1 aliphatic heterocycles. The summed E-state index contributed by atoms with van der Waals surface area (Å²) < 4.78 is 7.33. The third-order valence-corrected chi connectivity index (χ3v) is 5.89. The maximum Gasteiger partial charge on any atom is 0.310 e. The van der Waals surface area contributed by atoms with Crippen molar-refractivity contribution in [3.05, 3.63) is 78.0 Å². The number of benzene rings is 2. The number of likely N-dealkylation sites (tertiary alicyclic amines) is 1. The molecular formula is C26H28N2O3. The summed E-state index contributed by atoms with van der Waals surface area (Å²) in [6.07, 6.45) is 1.57. The first-order valence-electron chi connectivity index (χ1n) is 10.9. The van der Waals surface area contributed by atoms with Gasteiger partial charge in [0.2, 0.25) is 0 Å². The zero-order valence-electron chi connectivity index (χ0n) is 18.1. The Kier molecular flexibility index (Phi) is 6.21. The third kappa shape index (κ3) is 4.26. The van der Waals surface area contributed by atoms with Crippen LogP contribution in [0.5, 0.6) is 0 Å². The average Bonchev–Trinajstić information content (AvgIpc) is 3.17. The predicted molar refractivity (Wildman–Crippen MR) is 121 cm³/mol. The Bertz CT molecular complexity index is 1060. The van der Waals surface area contributed by atoms with Crippen LogP contribution in [0.15, 0.2) is 66.7 Å². The van der Waals surface area contributed by atoms with Gasteiger partial charge in [0.25, 0.3) is 5.91 Å². The maximum atomic E-state index is 13.5. The first kappa shape index (κ1) is 20.9. The molecule has 0 radical (unpaired) electrons. The van der Waals surface area contributed by atoms with Gasteiger partial charge in [-0.2, -0.15) is 0 Å². The molecule has 1 aromatic heterocycles. The molecule has 0 spiro atoms. The molecular weight excluding hydrogens is 388 g/mol. The number of hydrogen-bond acceptors (Lipinski definition) is 3. The highest BCUT2D eigenvalue weighted by molar-refractivity contribution is 5.97. The summed E-state index contributed by atoms with van der Waals surface area (Å²) in [5, 5.41) is 0. The van der Waals surface area contributed by atoms with Crippen molar-refractivity contribution in [1.29, 1.82) is 0 Å². The number of carbonyl (C=O) groups is 2. The number of piperidine rings is 1. The molecule has 2 heterocycles. The van der Waals surface area contributed by atoms with Gasteiger partial charge in [-0.1, -0.05) is 48.5 Å². The molecule has 160 valence electrons. The van der Waals surface area contributed by atoms with Crippen LogP contribution in [0.2, 0.25) is 0 Å². The van der Waals surface area contributed by atoms with E-state index in [-0.39, 0.29) is 17.8 Å². The summed E-state index contributed by atoms with van der Waals surface area (Å²) in [5.74, 6) is -0.482. The zero-order chi connectivity index (χ0) is 21.8. The molecule has 31 heavy (non-hydrogen) atoms. The van der Waals surface area contributed by atoms with Gasteiger partial charge in [0, 0.05) is 24.5 Å². The van der Waals surface area contributed by atoms with Gasteiger partial charge in [-0.3, -0.25) is 9.59 Å². The van der Waals surface area contributed by atoms with Crippen LogP contribution in [0.4, 0.5) is 0 Å². The van der Waals surface area contributed by atoms with Crippen molar-refractivity contribution in [2.75, 3.05) is 19.7 Å². The van der Waals surface area contributed by atoms with Gasteiger partial charge in [0.15, 0.2) is 0 Å². The number of ether oxygens (including phenoxy) is 1. The van der Waals surface area contributed by atoms with Crippen molar-refractivity contribution in [2.24, 2.45) is 5.92 Å². The summed E-state index contributed by atoms with van der Waals surface area (Å²) in [6.45, 7) is 5.23. The second kappa shape index (κ2) is 9.21. The van der Waals surface area contributed by atoms with Crippen LogP contribution in [-0.2, 0) is 9.53 Å². The van der Waals surface area contributed by atoms with Crippen molar-refractivity contribution < 1.29 is 14.3 Å². The van der Waals surface area contributed by atoms with Crippen LogP contribution in [-0.4, -0.2) is 41.0 Å². The lowest BCUT2D eigenvalue weighted by Crippen LogP contribution is -2.43. The standard InChI is InChI=1S/C26H28N2O3/c1-3-31-26(30)21-13-10-16-27(18-21)25(29)23-17-24(20-11-6-4-7-12-20)28(19(23)2)22-14-8-5-9-15-22/h4-9,11-12,14-15,17,21H,3,10,13,16,18H2,1-2H3/t21-/m0/s1. The summed E-state index contributed by atoms with van der Waals surface area (Å²) in [6, 6.07) is 22.2. The topological polar surface area (TPSA) is 51.5 Å². The molecule has 1 amide bonds. The number of aromatic nitrogens is 1. The molecule has 1 atom stereocenters. The van der Waals surface area contributed by atoms with E-state index in [1.807, 2.05) is 68.4 Å². The Labute approximate surface area is 183 Å². The number of hydrogen-bond donors (Lipinski definition) is 0. The average molecular weight is 417 g/mol. The lowest BCUT2D eigenvalue weighted by atomic mass is 9.97. The predicted octanol–water partition coefficient (Wildman–Crippen LogP) is 4.87. The van der Waals surface area contributed by atoms with Gasteiger partial charge >= 0.3 is 5.97 Å². The molecule has 1 fully saturated rings. The fourth-order valence-electron chi connectivity index (χ4n) is 4.34. The Morgan fingerprint density at radius 1 is 1.03 bits per heavy atom. The molecule has 1 saturated heterocycles. The van der Waals surface area contributed by atoms with E-state index in [4.69, 9.17) is 4.74 Å². The van der Waals surface area contributed by atoms with E-state index in [0.29, 0.717) is 25.3 Å². The first-order chi connectivity index (χ1) is 15.1. The number of amides is 1. The second-order valence-electron chi connectivity index (χ2n) is 7.91. The smallest absolute Gasteiger partial charge is 0.310 e. The largest absolute Gasteiger partial charge is 0.466 e. The van der Waals surface area contributed by atoms with E-state index in [0.717, 1.165) is 35.5 Å². The van der Waals surface area contributed by atoms with Crippen LogP contribution in [0, 0.1) is 12.8 Å². The highest BCUT2D eigenvalue weighted by atomic mass is 16.5. The molecule has 2 aromatic carbocycles. The van der Waals surface area contributed by atoms with E-state index in [2.05, 4.69) is 16.7 Å². The lowest BCUT2D eigenvalue weighted by molar-refractivity contribution is -0.149. The first-order valence-corrected chi connectivity index (χ1v) is 10.9. The van der Waals surface area contributed by atoms with Crippen molar-refractivity contribution >= 4 is 11.9 Å². The van der Waals surface area contributed by atoms with E-state index in [9.17, 15) is 9.59 Å². The molecule has 3 aromatic rings. The van der Waals surface area contributed by atoms with Crippen molar-refractivity contribution in [3.63, 3.8) is 0 Å². The Morgan fingerprint density at radius 2 is 1.71 bits per heavy atom. The number of para-hydroxylation sites is 1. The van der Waals surface area contributed by atoms with E-state index in [1.165, 1.54) is 0 Å².